The molecule has 7 heteroatoms. The van der Waals surface area contributed by atoms with Crippen LogP contribution in [0.25, 0.3) is 5.69 Å². The van der Waals surface area contributed by atoms with Crippen molar-refractivity contribution >= 4 is 11.6 Å². The summed E-state index contributed by atoms with van der Waals surface area (Å²) in [4.78, 5) is 12.2. The SMILES string of the molecule is Cc1ccc(-n2cnnn2)cc1NC(=O)C(N)C(C)(C)C. The number of carbonyl (C=O) groups is 1. The van der Waals surface area contributed by atoms with Crippen LogP contribution in [0.15, 0.2) is 24.5 Å². The van der Waals surface area contributed by atoms with Crippen LogP contribution in [-0.2, 0) is 4.79 Å². The van der Waals surface area contributed by atoms with E-state index >= 15 is 0 Å². The highest BCUT2D eigenvalue weighted by atomic mass is 16.2. The molecule has 0 bridgehead atoms. The predicted molar refractivity (Wildman–Crippen MR) is 80.0 cm³/mol. The van der Waals surface area contributed by atoms with Crippen LogP contribution in [0.5, 0.6) is 0 Å². The van der Waals surface area contributed by atoms with Crippen molar-refractivity contribution in [1.29, 1.82) is 0 Å². The van der Waals surface area contributed by atoms with E-state index in [2.05, 4.69) is 20.8 Å². The number of hydrogen-bond donors (Lipinski definition) is 2. The lowest BCUT2D eigenvalue weighted by Crippen LogP contribution is -2.45. The summed E-state index contributed by atoms with van der Waals surface area (Å²) in [7, 11) is 0. The third-order valence-electron chi connectivity index (χ3n) is 3.31. The van der Waals surface area contributed by atoms with Crippen LogP contribution in [-0.4, -0.2) is 32.2 Å². The van der Waals surface area contributed by atoms with Crippen molar-refractivity contribution in [3.8, 4) is 5.69 Å². The van der Waals surface area contributed by atoms with Crippen LogP contribution in [0.2, 0.25) is 0 Å². The van der Waals surface area contributed by atoms with E-state index < -0.39 is 6.04 Å². The summed E-state index contributed by atoms with van der Waals surface area (Å²) in [5.41, 5.74) is 8.09. The van der Waals surface area contributed by atoms with Crippen molar-refractivity contribution < 1.29 is 4.79 Å². The van der Waals surface area contributed by atoms with Gasteiger partial charge >= 0.3 is 0 Å². The van der Waals surface area contributed by atoms with E-state index in [0.29, 0.717) is 5.69 Å². The molecule has 0 aliphatic rings. The Hall–Kier alpha value is -2.28. The molecule has 2 aromatic rings. The number of rotatable bonds is 3. The molecule has 1 amide bonds. The number of nitrogens with zero attached hydrogens (tertiary/aromatic N) is 4. The van der Waals surface area contributed by atoms with Gasteiger partial charge in [-0.15, -0.1) is 5.10 Å². The Labute approximate surface area is 123 Å². The largest absolute Gasteiger partial charge is 0.324 e. The molecule has 0 fully saturated rings. The van der Waals surface area contributed by atoms with Gasteiger partial charge in [-0.2, -0.15) is 0 Å². The minimum Gasteiger partial charge on any atom is -0.324 e. The second-order valence-corrected chi connectivity index (χ2v) is 6.09. The molecule has 112 valence electrons. The number of tetrazole rings is 1. The van der Waals surface area contributed by atoms with E-state index in [0.717, 1.165) is 11.3 Å². The van der Waals surface area contributed by atoms with Gasteiger partial charge in [-0.05, 0) is 40.5 Å². The summed E-state index contributed by atoms with van der Waals surface area (Å²) < 4.78 is 1.53. The van der Waals surface area contributed by atoms with Gasteiger partial charge in [-0.3, -0.25) is 4.79 Å². The summed E-state index contributed by atoms with van der Waals surface area (Å²) in [5.74, 6) is -0.209. The van der Waals surface area contributed by atoms with Crippen LogP contribution in [0.4, 0.5) is 5.69 Å². The van der Waals surface area contributed by atoms with Crippen LogP contribution in [0, 0.1) is 12.3 Å². The smallest absolute Gasteiger partial charge is 0.241 e. The van der Waals surface area contributed by atoms with Crippen LogP contribution < -0.4 is 11.1 Å². The molecular weight excluding hydrogens is 268 g/mol. The zero-order valence-corrected chi connectivity index (χ0v) is 12.7. The molecule has 1 unspecified atom stereocenters. The Morgan fingerprint density at radius 3 is 2.67 bits per heavy atom. The molecule has 0 aliphatic heterocycles. The Morgan fingerprint density at radius 1 is 1.38 bits per heavy atom. The molecule has 3 N–H and O–H groups in total. The van der Waals surface area contributed by atoms with Crippen LogP contribution in [0.3, 0.4) is 0 Å². The summed E-state index contributed by atoms with van der Waals surface area (Å²) in [6.45, 7) is 7.71. The predicted octanol–water partition coefficient (Wildman–Crippen LogP) is 1.28. The van der Waals surface area contributed by atoms with Gasteiger partial charge in [0.2, 0.25) is 5.91 Å². The quantitative estimate of drug-likeness (QED) is 0.886. The Bertz CT molecular complexity index is 629. The third kappa shape index (κ3) is 3.43. The van der Waals surface area contributed by atoms with Gasteiger partial charge in [0.25, 0.3) is 0 Å². The second-order valence-electron chi connectivity index (χ2n) is 6.09. The molecular formula is C14H20N6O. The molecule has 0 radical (unpaired) electrons. The molecule has 1 heterocycles. The van der Waals surface area contributed by atoms with E-state index in [-0.39, 0.29) is 11.3 Å². The lowest BCUT2D eigenvalue weighted by molar-refractivity contribution is -0.119. The molecule has 1 atom stereocenters. The molecule has 21 heavy (non-hydrogen) atoms. The van der Waals surface area contributed by atoms with Gasteiger partial charge in [0.05, 0.1) is 11.7 Å². The average Bonchev–Trinajstić information content (AvgIpc) is 2.93. The Kier molecular flexibility index (Phi) is 4.04. The first-order valence-corrected chi connectivity index (χ1v) is 6.69. The normalized spacial score (nSPS) is 13.0. The number of nitrogens with one attached hydrogen (secondary N) is 1. The van der Waals surface area contributed by atoms with Crippen molar-refractivity contribution in [3.05, 3.63) is 30.1 Å². The van der Waals surface area contributed by atoms with E-state index in [1.165, 1.54) is 11.0 Å². The highest BCUT2D eigenvalue weighted by molar-refractivity contribution is 5.96. The van der Waals surface area contributed by atoms with Gasteiger partial charge in [-0.1, -0.05) is 26.8 Å². The van der Waals surface area contributed by atoms with Crippen LogP contribution >= 0.6 is 0 Å². The first kappa shape index (κ1) is 15.1. The summed E-state index contributed by atoms with van der Waals surface area (Å²) >= 11 is 0. The van der Waals surface area contributed by atoms with Crippen molar-refractivity contribution in [2.75, 3.05) is 5.32 Å². The number of anilines is 1. The minimum atomic E-state index is -0.589. The van der Waals surface area contributed by atoms with E-state index in [9.17, 15) is 4.79 Å². The topological polar surface area (TPSA) is 98.7 Å². The number of carbonyl (C=O) groups excluding carboxylic acids is 1. The maximum absolute atomic E-state index is 12.2. The maximum Gasteiger partial charge on any atom is 0.241 e. The molecule has 0 saturated carbocycles. The fourth-order valence-corrected chi connectivity index (χ4v) is 1.77. The molecule has 2 rings (SSSR count). The summed E-state index contributed by atoms with van der Waals surface area (Å²) in [6, 6.07) is 5.01. The van der Waals surface area contributed by atoms with Gasteiger partial charge in [0, 0.05) is 5.69 Å². The summed E-state index contributed by atoms with van der Waals surface area (Å²) in [6.07, 6.45) is 1.50. The number of amides is 1. The van der Waals surface area contributed by atoms with Crippen molar-refractivity contribution in [2.45, 2.75) is 33.7 Å². The lowest BCUT2D eigenvalue weighted by Gasteiger charge is -2.26. The van der Waals surface area contributed by atoms with Crippen molar-refractivity contribution in [3.63, 3.8) is 0 Å². The minimum absolute atomic E-state index is 0.209. The van der Waals surface area contributed by atoms with Gasteiger partial charge in [0.1, 0.15) is 6.33 Å². The first-order chi connectivity index (χ1) is 9.79. The van der Waals surface area contributed by atoms with Gasteiger partial charge < -0.3 is 11.1 Å². The molecule has 0 saturated heterocycles. The highest BCUT2D eigenvalue weighted by Gasteiger charge is 2.27. The summed E-state index contributed by atoms with van der Waals surface area (Å²) in [5, 5.41) is 13.9. The van der Waals surface area contributed by atoms with Crippen molar-refractivity contribution in [2.24, 2.45) is 11.1 Å². The highest BCUT2D eigenvalue weighted by Crippen LogP contribution is 2.22. The molecule has 7 nitrogen and oxygen atoms in total. The molecule has 1 aromatic heterocycles. The third-order valence-corrected chi connectivity index (χ3v) is 3.31. The number of nitrogens with two attached hydrogens (primary N) is 1. The molecule has 0 spiro atoms. The fourth-order valence-electron chi connectivity index (χ4n) is 1.77. The van der Waals surface area contributed by atoms with Crippen LogP contribution in [0.1, 0.15) is 26.3 Å². The zero-order valence-electron chi connectivity index (χ0n) is 12.7. The fraction of sp³-hybridized carbons (Fsp3) is 0.429. The second kappa shape index (κ2) is 5.61. The van der Waals surface area contributed by atoms with Gasteiger partial charge in [-0.25, -0.2) is 4.68 Å². The maximum atomic E-state index is 12.2. The number of aromatic nitrogens is 4. The van der Waals surface area contributed by atoms with E-state index in [1.807, 2.05) is 45.9 Å². The number of hydrogen-bond acceptors (Lipinski definition) is 5. The average molecular weight is 288 g/mol. The standard InChI is InChI=1S/C14H20N6O/c1-9-5-6-10(20-8-16-18-19-20)7-11(9)17-13(21)12(15)14(2,3)4/h5-8,12H,15H2,1-4H3,(H,17,21). The monoisotopic (exact) mass is 288 g/mol. The van der Waals surface area contributed by atoms with Gasteiger partial charge in [0.15, 0.2) is 0 Å². The number of benzene rings is 1. The molecule has 1 aromatic carbocycles. The zero-order chi connectivity index (χ0) is 15.6. The Balaban J connectivity index is 2.24. The lowest BCUT2D eigenvalue weighted by atomic mass is 9.87. The molecule has 0 aliphatic carbocycles. The Morgan fingerprint density at radius 2 is 2.10 bits per heavy atom. The first-order valence-electron chi connectivity index (χ1n) is 6.69. The van der Waals surface area contributed by atoms with E-state index in [4.69, 9.17) is 5.73 Å². The van der Waals surface area contributed by atoms with Crippen molar-refractivity contribution in [1.82, 2.24) is 20.2 Å². The van der Waals surface area contributed by atoms with E-state index in [1.54, 1.807) is 0 Å². The number of aryl methyl sites for hydroxylation is 1.